The summed E-state index contributed by atoms with van der Waals surface area (Å²) in [5.41, 5.74) is 2.06. The van der Waals surface area contributed by atoms with Crippen molar-refractivity contribution < 1.29 is 14.3 Å². The quantitative estimate of drug-likeness (QED) is 0.680. The molecule has 1 unspecified atom stereocenters. The Kier molecular flexibility index (Phi) is 7.11. The number of rotatable bonds is 6. The maximum atomic E-state index is 12.5. The van der Waals surface area contributed by atoms with Gasteiger partial charge in [0, 0.05) is 17.3 Å². The van der Waals surface area contributed by atoms with Crippen LogP contribution in [0.2, 0.25) is 10.0 Å². The summed E-state index contributed by atoms with van der Waals surface area (Å²) in [7, 11) is 0. The molecule has 2 aromatic rings. The van der Waals surface area contributed by atoms with Crippen molar-refractivity contribution in [1.82, 2.24) is 0 Å². The minimum atomic E-state index is -0.797. The van der Waals surface area contributed by atoms with Gasteiger partial charge in [-0.1, -0.05) is 49.2 Å². The van der Waals surface area contributed by atoms with Crippen LogP contribution in [0.1, 0.15) is 26.3 Å². The van der Waals surface area contributed by atoms with Crippen LogP contribution >= 0.6 is 23.2 Å². The predicted octanol–water partition coefficient (Wildman–Crippen LogP) is 5.30. The molecule has 0 aliphatic rings. The smallest absolute Gasteiger partial charge is 0.265 e. The number of benzene rings is 2. The zero-order valence-corrected chi connectivity index (χ0v) is 17.1. The molecule has 0 aliphatic carbocycles. The van der Waals surface area contributed by atoms with Gasteiger partial charge in [0.15, 0.2) is 6.10 Å². The van der Waals surface area contributed by atoms with Crippen LogP contribution in [0.25, 0.3) is 0 Å². The van der Waals surface area contributed by atoms with Crippen molar-refractivity contribution in [2.24, 2.45) is 5.92 Å². The monoisotopic (exact) mass is 408 g/mol. The Bertz CT molecular complexity index is 853. The lowest BCUT2D eigenvalue weighted by Crippen LogP contribution is -2.30. The van der Waals surface area contributed by atoms with Crippen LogP contribution in [0.4, 0.5) is 11.4 Å². The highest BCUT2D eigenvalue weighted by Gasteiger charge is 2.18. The third-order valence-electron chi connectivity index (χ3n) is 3.88. The first-order valence-electron chi connectivity index (χ1n) is 8.52. The van der Waals surface area contributed by atoms with Gasteiger partial charge in [0.25, 0.3) is 5.91 Å². The Balaban J connectivity index is 2.10. The number of hydrogen-bond donors (Lipinski definition) is 2. The van der Waals surface area contributed by atoms with Crippen molar-refractivity contribution in [2.45, 2.75) is 33.8 Å². The van der Waals surface area contributed by atoms with Gasteiger partial charge in [-0.2, -0.15) is 0 Å². The van der Waals surface area contributed by atoms with Crippen molar-refractivity contribution in [3.63, 3.8) is 0 Å². The van der Waals surface area contributed by atoms with Crippen LogP contribution in [0, 0.1) is 12.8 Å². The Morgan fingerprint density at radius 1 is 1.00 bits per heavy atom. The van der Waals surface area contributed by atoms with Gasteiger partial charge in [-0.05, 0) is 43.7 Å². The molecule has 2 aromatic carbocycles. The largest absolute Gasteiger partial charge is 0.479 e. The molecule has 7 heteroatoms. The minimum absolute atomic E-state index is 0.0940. The predicted molar refractivity (Wildman–Crippen MR) is 110 cm³/mol. The highest BCUT2D eigenvalue weighted by Crippen LogP contribution is 2.32. The lowest BCUT2D eigenvalue weighted by molar-refractivity contribution is -0.122. The van der Waals surface area contributed by atoms with Gasteiger partial charge >= 0.3 is 0 Å². The normalized spacial score (nSPS) is 11.8. The summed E-state index contributed by atoms with van der Waals surface area (Å²) in [6.07, 6.45) is -0.797. The number of anilines is 2. The SMILES string of the molecule is Cc1ccc(NC(=O)C(C)C)cc1NC(=O)C(C)Oc1cccc(Cl)c1Cl. The van der Waals surface area contributed by atoms with Crippen molar-refractivity contribution in [1.29, 1.82) is 0 Å². The van der Waals surface area contributed by atoms with Crippen molar-refractivity contribution in [3.8, 4) is 5.75 Å². The fourth-order valence-electron chi connectivity index (χ4n) is 2.17. The van der Waals surface area contributed by atoms with Gasteiger partial charge in [-0.15, -0.1) is 0 Å². The summed E-state index contributed by atoms with van der Waals surface area (Å²) < 4.78 is 5.63. The molecule has 0 spiro atoms. The van der Waals surface area contributed by atoms with Crippen molar-refractivity contribution in [2.75, 3.05) is 10.6 Å². The van der Waals surface area contributed by atoms with E-state index in [1.807, 2.05) is 26.8 Å². The summed E-state index contributed by atoms with van der Waals surface area (Å²) in [5.74, 6) is -0.244. The Morgan fingerprint density at radius 2 is 1.70 bits per heavy atom. The van der Waals surface area contributed by atoms with E-state index in [0.717, 1.165) is 5.56 Å². The lowest BCUT2D eigenvalue weighted by atomic mass is 10.1. The first-order valence-corrected chi connectivity index (χ1v) is 9.27. The summed E-state index contributed by atoms with van der Waals surface area (Å²) in [5, 5.41) is 6.24. The number of amides is 2. The molecule has 144 valence electrons. The van der Waals surface area contributed by atoms with Crippen LogP contribution in [-0.2, 0) is 9.59 Å². The van der Waals surface area contributed by atoms with E-state index in [1.165, 1.54) is 0 Å². The highest BCUT2D eigenvalue weighted by molar-refractivity contribution is 6.42. The Morgan fingerprint density at radius 3 is 2.37 bits per heavy atom. The molecule has 0 aromatic heterocycles. The number of carbonyl (C=O) groups is 2. The van der Waals surface area contributed by atoms with Crippen LogP contribution in [0.15, 0.2) is 36.4 Å². The van der Waals surface area contributed by atoms with E-state index >= 15 is 0 Å². The molecule has 0 radical (unpaired) electrons. The van der Waals surface area contributed by atoms with E-state index < -0.39 is 6.10 Å². The summed E-state index contributed by atoms with van der Waals surface area (Å²) in [4.78, 5) is 24.4. The van der Waals surface area contributed by atoms with Gasteiger partial charge in [0.2, 0.25) is 5.91 Å². The molecule has 5 nitrogen and oxygen atoms in total. The minimum Gasteiger partial charge on any atom is -0.479 e. The molecule has 0 saturated heterocycles. The molecule has 27 heavy (non-hydrogen) atoms. The van der Waals surface area contributed by atoms with E-state index in [2.05, 4.69) is 10.6 Å². The highest BCUT2D eigenvalue weighted by atomic mass is 35.5. The average Bonchev–Trinajstić information content (AvgIpc) is 2.61. The number of carbonyl (C=O) groups excluding carboxylic acids is 2. The third-order valence-corrected chi connectivity index (χ3v) is 4.68. The van der Waals surface area contributed by atoms with E-state index in [1.54, 1.807) is 37.3 Å². The number of nitrogens with one attached hydrogen (secondary N) is 2. The van der Waals surface area contributed by atoms with Crippen LogP contribution in [-0.4, -0.2) is 17.9 Å². The molecular formula is C20H22Cl2N2O3. The summed E-state index contributed by atoms with van der Waals surface area (Å²) >= 11 is 12.1. The maximum Gasteiger partial charge on any atom is 0.265 e. The van der Waals surface area contributed by atoms with Crippen LogP contribution < -0.4 is 15.4 Å². The van der Waals surface area contributed by atoms with Crippen molar-refractivity contribution in [3.05, 3.63) is 52.0 Å². The molecule has 0 heterocycles. The Labute approximate surface area is 169 Å². The fraction of sp³-hybridized carbons (Fsp3) is 0.300. The second-order valence-electron chi connectivity index (χ2n) is 6.47. The van der Waals surface area contributed by atoms with Gasteiger partial charge in [-0.25, -0.2) is 0 Å². The second kappa shape index (κ2) is 9.11. The first-order chi connectivity index (χ1) is 12.7. The maximum absolute atomic E-state index is 12.5. The van der Waals surface area contributed by atoms with Gasteiger partial charge in [0.05, 0.1) is 5.02 Å². The molecule has 2 amide bonds. The van der Waals surface area contributed by atoms with Gasteiger partial charge in [-0.3, -0.25) is 9.59 Å². The van der Waals surface area contributed by atoms with Gasteiger partial charge < -0.3 is 15.4 Å². The van der Waals surface area contributed by atoms with Crippen molar-refractivity contribution >= 4 is 46.4 Å². The summed E-state index contributed by atoms with van der Waals surface area (Å²) in [6.45, 7) is 7.10. The lowest BCUT2D eigenvalue weighted by Gasteiger charge is -2.17. The van der Waals surface area contributed by atoms with E-state index in [-0.39, 0.29) is 22.8 Å². The zero-order chi connectivity index (χ0) is 20.1. The fourth-order valence-corrected chi connectivity index (χ4v) is 2.51. The van der Waals surface area contributed by atoms with E-state index in [4.69, 9.17) is 27.9 Å². The molecule has 0 fully saturated rings. The first kappa shape index (κ1) is 21.1. The standard InChI is InChI=1S/C20H22Cl2N2O3/c1-11(2)19(25)23-14-9-8-12(3)16(10-14)24-20(26)13(4)27-17-7-5-6-15(21)18(17)22/h5-11,13H,1-4H3,(H,23,25)(H,24,26). The molecule has 0 bridgehead atoms. The second-order valence-corrected chi connectivity index (χ2v) is 7.26. The zero-order valence-electron chi connectivity index (χ0n) is 15.6. The van der Waals surface area contributed by atoms with E-state index in [0.29, 0.717) is 22.1 Å². The molecular weight excluding hydrogens is 387 g/mol. The summed E-state index contributed by atoms with van der Waals surface area (Å²) in [6, 6.07) is 10.3. The molecule has 2 rings (SSSR count). The topological polar surface area (TPSA) is 67.4 Å². The number of ether oxygens (including phenoxy) is 1. The molecule has 1 atom stereocenters. The van der Waals surface area contributed by atoms with Crippen LogP contribution in [0.3, 0.4) is 0 Å². The van der Waals surface area contributed by atoms with Crippen LogP contribution in [0.5, 0.6) is 5.75 Å². The van der Waals surface area contributed by atoms with E-state index in [9.17, 15) is 9.59 Å². The molecule has 2 N–H and O–H groups in total. The van der Waals surface area contributed by atoms with Gasteiger partial charge in [0.1, 0.15) is 10.8 Å². The number of aryl methyl sites for hydroxylation is 1. The Hall–Kier alpha value is -2.24. The third kappa shape index (κ3) is 5.62. The number of halogens is 2. The number of hydrogen-bond acceptors (Lipinski definition) is 3. The molecule has 0 saturated carbocycles. The average molecular weight is 409 g/mol. The molecule has 0 aliphatic heterocycles.